The van der Waals surface area contributed by atoms with Crippen molar-refractivity contribution in [2.75, 3.05) is 26.2 Å². The Bertz CT molecular complexity index is 610. The second-order valence-electron chi connectivity index (χ2n) is 6.77. The number of hydrogen-bond donors (Lipinski definition) is 1. The zero-order valence-corrected chi connectivity index (χ0v) is 17.6. The first kappa shape index (κ1) is 22.2. The molecule has 2 aromatic carbocycles. The lowest BCUT2D eigenvalue weighted by atomic mass is 10.0. The molecular weight excluding hydrogens is 381 g/mol. The van der Waals surface area contributed by atoms with Crippen LogP contribution in [0.15, 0.2) is 48.5 Å². The van der Waals surface area contributed by atoms with Gasteiger partial charge in [0.25, 0.3) is 0 Å². The molecule has 5 heteroatoms. The molecule has 0 fully saturated rings. The lowest BCUT2D eigenvalue weighted by Gasteiger charge is -2.26. The highest BCUT2D eigenvalue weighted by Crippen LogP contribution is 2.28. The van der Waals surface area contributed by atoms with Crippen LogP contribution in [0, 0.1) is 0 Å². The van der Waals surface area contributed by atoms with Gasteiger partial charge >= 0.3 is 0 Å². The molecule has 0 aliphatic carbocycles. The van der Waals surface area contributed by atoms with Gasteiger partial charge in [-0.2, -0.15) is 0 Å². The Morgan fingerprint density at radius 2 is 1.30 bits per heavy atom. The van der Waals surface area contributed by atoms with Crippen molar-refractivity contribution in [3.8, 4) is 0 Å². The van der Waals surface area contributed by atoms with Gasteiger partial charge in [0.15, 0.2) is 0 Å². The van der Waals surface area contributed by atoms with Gasteiger partial charge in [-0.05, 0) is 61.3 Å². The summed E-state index contributed by atoms with van der Waals surface area (Å²) in [5.41, 5.74) is 1.99. The SMILES string of the molecule is CCCN(CCC)C[C@@H](O)COC(c1ccc(Cl)cc1)c1ccc(Cl)cc1. The number of rotatable bonds is 11. The standard InChI is InChI=1S/C22H29Cl2NO2/c1-3-13-25(14-4-2)15-21(26)16-27-22(17-5-9-19(23)10-6-17)18-7-11-20(24)12-8-18/h5-12,21-22,26H,3-4,13-16H2,1-2H3/t21-/m1/s1. The van der Waals surface area contributed by atoms with Crippen molar-refractivity contribution in [1.82, 2.24) is 4.90 Å². The molecular formula is C22H29Cl2NO2. The first-order chi connectivity index (χ1) is 13.0. The van der Waals surface area contributed by atoms with Crippen molar-refractivity contribution in [3.63, 3.8) is 0 Å². The molecule has 3 nitrogen and oxygen atoms in total. The predicted molar refractivity (Wildman–Crippen MR) is 114 cm³/mol. The summed E-state index contributed by atoms with van der Waals surface area (Å²) < 4.78 is 6.15. The summed E-state index contributed by atoms with van der Waals surface area (Å²) in [4.78, 5) is 2.29. The van der Waals surface area contributed by atoms with E-state index in [1.54, 1.807) is 0 Å². The summed E-state index contributed by atoms with van der Waals surface area (Å²) >= 11 is 12.0. The van der Waals surface area contributed by atoms with Crippen molar-refractivity contribution in [2.24, 2.45) is 0 Å². The predicted octanol–water partition coefficient (Wildman–Crippen LogP) is 5.58. The summed E-state index contributed by atoms with van der Waals surface area (Å²) in [6.45, 7) is 7.17. The van der Waals surface area contributed by atoms with E-state index in [4.69, 9.17) is 27.9 Å². The number of aliphatic hydroxyl groups excluding tert-OH is 1. The third kappa shape index (κ3) is 7.44. The van der Waals surface area contributed by atoms with Crippen LogP contribution in [0.3, 0.4) is 0 Å². The molecule has 0 aliphatic heterocycles. The Morgan fingerprint density at radius 1 is 0.852 bits per heavy atom. The molecule has 1 N–H and O–H groups in total. The van der Waals surface area contributed by atoms with Crippen LogP contribution < -0.4 is 0 Å². The number of halogens is 2. The van der Waals surface area contributed by atoms with Crippen LogP contribution in [0.4, 0.5) is 0 Å². The van der Waals surface area contributed by atoms with Crippen LogP contribution in [-0.2, 0) is 4.74 Å². The average molecular weight is 410 g/mol. The van der Waals surface area contributed by atoms with E-state index in [2.05, 4.69) is 18.7 Å². The first-order valence-electron chi connectivity index (χ1n) is 9.56. The highest BCUT2D eigenvalue weighted by molar-refractivity contribution is 6.30. The second kappa shape index (κ2) is 11.7. The zero-order valence-electron chi connectivity index (χ0n) is 16.1. The van der Waals surface area contributed by atoms with Gasteiger partial charge in [-0.25, -0.2) is 0 Å². The van der Waals surface area contributed by atoms with Gasteiger partial charge < -0.3 is 14.7 Å². The molecule has 1 atom stereocenters. The number of benzene rings is 2. The zero-order chi connectivity index (χ0) is 19.6. The minimum absolute atomic E-state index is 0.264. The maximum Gasteiger partial charge on any atom is 0.108 e. The third-order valence-corrected chi connectivity index (χ3v) is 4.85. The Kier molecular flexibility index (Phi) is 9.60. The molecule has 0 unspecified atom stereocenters. The smallest absolute Gasteiger partial charge is 0.108 e. The van der Waals surface area contributed by atoms with Crippen molar-refractivity contribution in [2.45, 2.75) is 38.9 Å². The van der Waals surface area contributed by atoms with Gasteiger partial charge in [0, 0.05) is 16.6 Å². The number of aliphatic hydroxyl groups is 1. The Hall–Kier alpha value is -1.10. The quantitative estimate of drug-likeness (QED) is 0.525. The fourth-order valence-corrected chi connectivity index (χ4v) is 3.40. The molecule has 0 radical (unpaired) electrons. The van der Waals surface area contributed by atoms with Gasteiger partial charge in [0.1, 0.15) is 6.10 Å². The van der Waals surface area contributed by atoms with Crippen LogP contribution in [-0.4, -0.2) is 42.4 Å². The molecule has 2 aromatic rings. The van der Waals surface area contributed by atoms with Crippen LogP contribution in [0.2, 0.25) is 10.0 Å². The number of ether oxygens (including phenoxy) is 1. The number of hydrogen-bond acceptors (Lipinski definition) is 3. The highest BCUT2D eigenvalue weighted by Gasteiger charge is 2.18. The van der Waals surface area contributed by atoms with Gasteiger partial charge in [-0.1, -0.05) is 61.3 Å². The van der Waals surface area contributed by atoms with Crippen molar-refractivity contribution in [1.29, 1.82) is 0 Å². The second-order valence-corrected chi connectivity index (χ2v) is 7.64. The molecule has 0 aromatic heterocycles. The molecule has 0 bridgehead atoms. The summed E-state index contributed by atoms with van der Waals surface area (Å²) in [6.07, 6.45) is 1.34. The molecule has 0 amide bonds. The van der Waals surface area contributed by atoms with E-state index in [9.17, 15) is 5.11 Å². The van der Waals surface area contributed by atoms with E-state index in [0.29, 0.717) is 16.6 Å². The summed E-state index contributed by atoms with van der Waals surface area (Å²) in [5.74, 6) is 0. The molecule has 0 aliphatic rings. The van der Waals surface area contributed by atoms with Gasteiger partial charge in [0.2, 0.25) is 0 Å². The molecule has 0 saturated carbocycles. The van der Waals surface area contributed by atoms with Crippen LogP contribution in [0.5, 0.6) is 0 Å². The monoisotopic (exact) mass is 409 g/mol. The van der Waals surface area contributed by atoms with Crippen LogP contribution >= 0.6 is 23.2 Å². The topological polar surface area (TPSA) is 32.7 Å². The van der Waals surface area contributed by atoms with E-state index in [1.807, 2.05) is 48.5 Å². The van der Waals surface area contributed by atoms with Crippen molar-refractivity contribution < 1.29 is 9.84 Å². The molecule has 2 rings (SSSR count). The Morgan fingerprint density at radius 3 is 1.70 bits per heavy atom. The highest BCUT2D eigenvalue weighted by atomic mass is 35.5. The third-order valence-electron chi connectivity index (χ3n) is 4.35. The molecule has 0 spiro atoms. The van der Waals surface area contributed by atoms with E-state index in [0.717, 1.165) is 37.1 Å². The van der Waals surface area contributed by atoms with Crippen molar-refractivity contribution in [3.05, 3.63) is 69.7 Å². The Labute approximate surface area is 172 Å². The van der Waals surface area contributed by atoms with E-state index >= 15 is 0 Å². The molecule has 148 valence electrons. The van der Waals surface area contributed by atoms with Crippen molar-refractivity contribution >= 4 is 23.2 Å². The van der Waals surface area contributed by atoms with E-state index in [-0.39, 0.29) is 12.7 Å². The normalized spacial score (nSPS) is 12.7. The summed E-state index contributed by atoms with van der Waals surface area (Å²) in [7, 11) is 0. The van der Waals surface area contributed by atoms with Gasteiger partial charge in [0.05, 0.1) is 12.7 Å². The summed E-state index contributed by atoms with van der Waals surface area (Å²) in [6, 6.07) is 15.2. The minimum Gasteiger partial charge on any atom is -0.389 e. The molecule has 0 heterocycles. The maximum atomic E-state index is 10.5. The minimum atomic E-state index is -0.537. The lowest BCUT2D eigenvalue weighted by Crippen LogP contribution is -2.36. The van der Waals surface area contributed by atoms with Gasteiger partial charge in [-0.3, -0.25) is 0 Å². The Balaban J connectivity index is 2.07. The van der Waals surface area contributed by atoms with E-state index in [1.165, 1.54) is 0 Å². The van der Waals surface area contributed by atoms with E-state index < -0.39 is 6.10 Å². The van der Waals surface area contributed by atoms with Crippen LogP contribution in [0.1, 0.15) is 43.9 Å². The van der Waals surface area contributed by atoms with Crippen LogP contribution in [0.25, 0.3) is 0 Å². The number of nitrogens with zero attached hydrogens (tertiary/aromatic N) is 1. The fraction of sp³-hybridized carbons (Fsp3) is 0.455. The molecule has 27 heavy (non-hydrogen) atoms. The summed E-state index contributed by atoms with van der Waals surface area (Å²) in [5, 5.41) is 11.9. The van der Waals surface area contributed by atoms with Gasteiger partial charge in [-0.15, -0.1) is 0 Å². The maximum absolute atomic E-state index is 10.5. The largest absolute Gasteiger partial charge is 0.389 e. The average Bonchev–Trinajstić information content (AvgIpc) is 2.65. The lowest BCUT2D eigenvalue weighted by molar-refractivity contribution is -0.00837. The first-order valence-corrected chi connectivity index (χ1v) is 10.3. The molecule has 0 saturated heterocycles. The fourth-order valence-electron chi connectivity index (χ4n) is 3.14.